The van der Waals surface area contributed by atoms with Crippen molar-refractivity contribution in [1.82, 2.24) is 0 Å². The van der Waals surface area contributed by atoms with E-state index in [1.54, 1.807) is 45.2 Å². The number of hydrogen-bond acceptors (Lipinski definition) is 6. The SMILES string of the molecule is COc1cc(I)c(C(=O)Oc2c(F)c(F)c(S(=O)(=O)[O-])c(F)c2F)c(I)c1. The minimum absolute atomic E-state index is 0.183. The molecule has 0 saturated carbocycles. The molecule has 0 amide bonds. The van der Waals surface area contributed by atoms with Crippen LogP contribution >= 0.6 is 45.2 Å². The van der Waals surface area contributed by atoms with Crippen LogP contribution in [0.5, 0.6) is 11.5 Å². The smallest absolute Gasteiger partial charge is 0.345 e. The van der Waals surface area contributed by atoms with Gasteiger partial charge in [-0.1, -0.05) is 0 Å². The highest BCUT2D eigenvalue weighted by atomic mass is 127. The maximum Gasteiger partial charge on any atom is 0.345 e. The van der Waals surface area contributed by atoms with E-state index >= 15 is 0 Å². The van der Waals surface area contributed by atoms with Gasteiger partial charge in [-0.2, -0.15) is 8.78 Å². The number of halogens is 6. The van der Waals surface area contributed by atoms with Crippen LogP contribution in [0.15, 0.2) is 17.0 Å². The van der Waals surface area contributed by atoms with E-state index in [0.717, 1.165) is 0 Å². The molecule has 146 valence electrons. The fourth-order valence-electron chi connectivity index (χ4n) is 1.91. The van der Waals surface area contributed by atoms with Gasteiger partial charge in [0.1, 0.15) is 20.8 Å². The van der Waals surface area contributed by atoms with Crippen LogP contribution in [0.4, 0.5) is 17.6 Å². The molecule has 0 atom stereocenters. The molecule has 0 aliphatic rings. The van der Waals surface area contributed by atoms with Crippen molar-refractivity contribution in [3.05, 3.63) is 48.1 Å². The van der Waals surface area contributed by atoms with E-state index in [0.29, 0.717) is 5.75 Å². The van der Waals surface area contributed by atoms with Crippen LogP contribution in [-0.4, -0.2) is 26.0 Å². The summed E-state index contributed by atoms with van der Waals surface area (Å²) in [4.78, 5) is 9.89. The van der Waals surface area contributed by atoms with Gasteiger partial charge < -0.3 is 14.0 Å². The number of rotatable bonds is 4. The Bertz CT molecular complexity index is 1010. The van der Waals surface area contributed by atoms with Gasteiger partial charge in [0.2, 0.25) is 17.4 Å². The fraction of sp³-hybridized carbons (Fsp3) is 0.0714. The molecule has 0 saturated heterocycles. The minimum Gasteiger partial charge on any atom is -0.744 e. The molecular weight excluding hydrogens is 626 g/mol. The van der Waals surface area contributed by atoms with Crippen LogP contribution in [-0.2, 0) is 10.1 Å². The number of hydrogen-bond donors (Lipinski definition) is 0. The van der Waals surface area contributed by atoms with Crippen LogP contribution in [0.25, 0.3) is 0 Å². The van der Waals surface area contributed by atoms with Crippen LogP contribution < -0.4 is 9.47 Å². The third-order valence-electron chi connectivity index (χ3n) is 3.08. The average molecular weight is 631 g/mol. The van der Waals surface area contributed by atoms with E-state index in [9.17, 15) is 35.3 Å². The van der Waals surface area contributed by atoms with E-state index in [2.05, 4.69) is 4.74 Å². The van der Waals surface area contributed by atoms with Gasteiger partial charge >= 0.3 is 5.97 Å². The van der Waals surface area contributed by atoms with Gasteiger partial charge in [-0.25, -0.2) is 22.0 Å². The van der Waals surface area contributed by atoms with Gasteiger partial charge in [0, 0.05) is 7.14 Å². The first-order valence-electron chi connectivity index (χ1n) is 6.47. The molecular formula is C14H5F4I2O6S-. The Labute approximate surface area is 176 Å². The van der Waals surface area contributed by atoms with Crippen molar-refractivity contribution in [1.29, 1.82) is 0 Å². The number of carbonyl (C=O) groups excluding carboxylic acids is 1. The molecule has 27 heavy (non-hydrogen) atoms. The summed E-state index contributed by atoms with van der Waals surface area (Å²) in [6.45, 7) is 0. The predicted octanol–water partition coefficient (Wildman–Crippen LogP) is 3.58. The summed E-state index contributed by atoms with van der Waals surface area (Å²) in [5, 5.41) is 0. The van der Waals surface area contributed by atoms with Gasteiger partial charge in [-0.05, 0) is 57.3 Å². The highest BCUT2D eigenvalue weighted by Gasteiger charge is 2.32. The molecule has 0 heterocycles. The van der Waals surface area contributed by atoms with Gasteiger partial charge in [0.15, 0.2) is 11.6 Å². The van der Waals surface area contributed by atoms with Crippen molar-refractivity contribution in [3.8, 4) is 11.5 Å². The summed E-state index contributed by atoms with van der Waals surface area (Å²) in [7, 11) is -4.50. The second kappa shape index (κ2) is 8.04. The molecule has 0 unspecified atom stereocenters. The maximum atomic E-state index is 13.9. The summed E-state index contributed by atoms with van der Waals surface area (Å²) in [5.41, 5.74) is -0.183. The van der Waals surface area contributed by atoms with Crippen LogP contribution in [0.1, 0.15) is 10.4 Å². The minimum atomic E-state index is -5.86. The maximum absolute atomic E-state index is 13.9. The monoisotopic (exact) mass is 631 g/mol. The molecule has 0 N–H and O–H groups in total. The summed E-state index contributed by atoms with van der Waals surface area (Å²) in [5.74, 6) is -12.5. The van der Waals surface area contributed by atoms with Crippen LogP contribution in [0.3, 0.4) is 0 Å². The molecule has 0 aromatic heterocycles. The first-order chi connectivity index (χ1) is 12.4. The van der Waals surface area contributed by atoms with E-state index in [4.69, 9.17) is 4.74 Å². The lowest BCUT2D eigenvalue weighted by Crippen LogP contribution is -2.17. The molecule has 0 bridgehead atoms. The van der Waals surface area contributed by atoms with Crippen molar-refractivity contribution >= 4 is 61.3 Å². The van der Waals surface area contributed by atoms with Gasteiger partial charge in [-0.3, -0.25) is 0 Å². The zero-order valence-electron chi connectivity index (χ0n) is 12.8. The van der Waals surface area contributed by atoms with Crippen molar-refractivity contribution in [2.45, 2.75) is 4.90 Å². The first-order valence-corrected chi connectivity index (χ1v) is 10.0. The number of carbonyl (C=O) groups is 1. The third kappa shape index (κ3) is 4.29. The van der Waals surface area contributed by atoms with Crippen molar-refractivity contribution in [2.75, 3.05) is 7.11 Å². The van der Waals surface area contributed by atoms with E-state index in [1.165, 1.54) is 19.2 Å². The van der Waals surface area contributed by atoms with Crippen LogP contribution in [0.2, 0.25) is 0 Å². The van der Waals surface area contributed by atoms with Crippen molar-refractivity contribution in [2.24, 2.45) is 0 Å². The zero-order chi connectivity index (χ0) is 20.7. The fourth-order valence-corrected chi connectivity index (χ4v) is 4.68. The number of ether oxygens (including phenoxy) is 2. The molecule has 2 aromatic rings. The Hall–Kier alpha value is -1.20. The lowest BCUT2D eigenvalue weighted by atomic mass is 10.2. The number of esters is 1. The first kappa shape index (κ1) is 22.1. The third-order valence-corrected chi connectivity index (χ3v) is 5.64. The molecule has 0 aliphatic carbocycles. The predicted molar refractivity (Wildman–Crippen MR) is 97.6 cm³/mol. The molecule has 13 heteroatoms. The largest absolute Gasteiger partial charge is 0.744 e. The Balaban J connectivity index is 2.58. The van der Waals surface area contributed by atoms with E-state index < -0.39 is 50.0 Å². The molecule has 6 nitrogen and oxygen atoms in total. The summed E-state index contributed by atoms with van der Waals surface area (Å²) in [6, 6.07) is 2.78. The normalized spacial score (nSPS) is 11.4. The van der Waals surface area contributed by atoms with Gasteiger partial charge in [-0.15, -0.1) is 0 Å². The Morgan fingerprint density at radius 3 is 1.81 bits per heavy atom. The topological polar surface area (TPSA) is 92.7 Å². The summed E-state index contributed by atoms with van der Waals surface area (Å²) >= 11 is 3.40. The van der Waals surface area contributed by atoms with Gasteiger partial charge in [0.25, 0.3) is 0 Å². The second-order valence-corrected chi connectivity index (χ2v) is 8.36. The van der Waals surface area contributed by atoms with Crippen molar-refractivity contribution < 1.29 is 44.8 Å². The summed E-state index contributed by atoms with van der Waals surface area (Å²) in [6.07, 6.45) is 0. The van der Waals surface area contributed by atoms with Crippen molar-refractivity contribution in [3.63, 3.8) is 0 Å². The van der Waals surface area contributed by atoms with E-state index in [1.807, 2.05) is 0 Å². The number of benzene rings is 2. The Morgan fingerprint density at radius 1 is 1.00 bits per heavy atom. The summed E-state index contributed by atoms with van der Waals surface area (Å²) < 4.78 is 97.6. The molecule has 0 aliphatic heterocycles. The Morgan fingerprint density at radius 2 is 1.44 bits per heavy atom. The second-order valence-electron chi connectivity index (χ2n) is 4.72. The molecule has 0 fully saturated rings. The lowest BCUT2D eigenvalue weighted by Gasteiger charge is -2.15. The quantitative estimate of drug-likeness (QED) is 0.128. The zero-order valence-corrected chi connectivity index (χ0v) is 17.9. The lowest BCUT2D eigenvalue weighted by molar-refractivity contribution is 0.0714. The molecule has 0 spiro atoms. The molecule has 0 radical (unpaired) electrons. The highest BCUT2D eigenvalue weighted by Crippen LogP contribution is 2.34. The molecule has 2 rings (SSSR count). The highest BCUT2D eigenvalue weighted by molar-refractivity contribution is 14.1. The Kier molecular flexibility index (Phi) is 6.58. The number of methoxy groups -OCH3 is 1. The van der Waals surface area contributed by atoms with E-state index in [-0.39, 0.29) is 12.7 Å². The standard InChI is InChI=1S/C14H6F4I2O6S/c1-25-4-2-5(19)7(6(20)3-4)14(21)26-12-8(15)10(17)13(27(22,23)24)11(18)9(12)16/h2-3H,1H3,(H,22,23,24)/p-1. The van der Waals surface area contributed by atoms with Crippen LogP contribution in [0, 0.1) is 30.4 Å². The average Bonchev–Trinajstić information content (AvgIpc) is 2.55. The van der Waals surface area contributed by atoms with Gasteiger partial charge in [0.05, 0.1) is 12.7 Å². The molecule has 2 aromatic carbocycles.